The first-order valence-corrected chi connectivity index (χ1v) is 6.67. The Morgan fingerprint density at radius 2 is 2.00 bits per heavy atom. The van der Waals surface area contributed by atoms with Crippen LogP contribution in [0.15, 0.2) is 24.8 Å². The molecule has 1 aromatic rings. The zero-order valence-electron chi connectivity index (χ0n) is 12.9. The summed E-state index contributed by atoms with van der Waals surface area (Å²) in [5.41, 5.74) is 2.30. The van der Waals surface area contributed by atoms with E-state index in [4.69, 9.17) is 9.47 Å². The van der Waals surface area contributed by atoms with Crippen molar-refractivity contribution in [1.82, 2.24) is 0 Å². The van der Waals surface area contributed by atoms with E-state index in [0.717, 1.165) is 23.2 Å². The zero-order valence-corrected chi connectivity index (χ0v) is 12.9. The van der Waals surface area contributed by atoms with Crippen LogP contribution in [0.4, 0.5) is 10.5 Å². The summed E-state index contributed by atoms with van der Waals surface area (Å²) in [7, 11) is 1.84. The Morgan fingerprint density at radius 3 is 2.50 bits per heavy atom. The van der Waals surface area contributed by atoms with E-state index in [1.54, 1.807) is 32.9 Å². The van der Waals surface area contributed by atoms with Crippen LogP contribution in [0.25, 0.3) is 5.57 Å². The fourth-order valence-electron chi connectivity index (χ4n) is 1.65. The Balaban J connectivity index is 2.92. The number of benzene rings is 1. The van der Waals surface area contributed by atoms with Crippen LogP contribution in [-0.4, -0.2) is 18.8 Å². The molecule has 0 saturated heterocycles. The number of anilines is 1. The maximum atomic E-state index is 11.7. The number of carbonyl (C=O) groups is 1. The summed E-state index contributed by atoms with van der Waals surface area (Å²) in [5, 5.41) is 3.10. The molecule has 4 nitrogen and oxygen atoms in total. The van der Waals surface area contributed by atoms with Crippen molar-refractivity contribution in [3.63, 3.8) is 0 Å². The van der Waals surface area contributed by atoms with E-state index in [0.29, 0.717) is 5.75 Å². The van der Waals surface area contributed by atoms with Gasteiger partial charge in [-0.2, -0.15) is 0 Å². The highest BCUT2D eigenvalue weighted by Crippen LogP contribution is 2.29. The van der Waals surface area contributed by atoms with Crippen molar-refractivity contribution in [1.29, 1.82) is 0 Å². The smallest absolute Gasteiger partial charge is 0.428 e. The lowest BCUT2D eigenvalue weighted by molar-refractivity contribution is 0.0206. The Kier molecular flexibility index (Phi) is 5.19. The van der Waals surface area contributed by atoms with Gasteiger partial charge in [-0.1, -0.05) is 13.5 Å². The van der Waals surface area contributed by atoms with E-state index < -0.39 is 11.8 Å². The van der Waals surface area contributed by atoms with Crippen molar-refractivity contribution in [3.8, 4) is 5.75 Å². The van der Waals surface area contributed by atoms with Gasteiger partial charge in [-0.25, -0.2) is 4.79 Å². The van der Waals surface area contributed by atoms with Crippen molar-refractivity contribution >= 4 is 17.4 Å². The molecule has 1 rings (SSSR count). The molecule has 0 saturated carbocycles. The fraction of sp³-hybridized carbons (Fsp3) is 0.438. The van der Waals surface area contributed by atoms with Crippen LogP contribution in [0.1, 0.15) is 39.7 Å². The van der Waals surface area contributed by atoms with Crippen LogP contribution in [-0.2, 0) is 4.74 Å². The van der Waals surface area contributed by atoms with Gasteiger partial charge in [0, 0.05) is 18.3 Å². The molecule has 0 aliphatic carbocycles. The first kappa shape index (κ1) is 16.1. The van der Waals surface area contributed by atoms with E-state index in [2.05, 4.69) is 11.9 Å². The fourth-order valence-corrected chi connectivity index (χ4v) is 1.65. The quantitative estimate of drug-likeness (QED) is 0.651. The van der Waals surface area contributed by atoms with Gasteiger partial charge in [0.05, 0.1) is 0 Å². The second kappa shape index (κ2) is 6.46. The summed E-state index contributed by atoms with van der Waals surface area (Å²) in [5.74, 6) is 0.447. The van der Waals surface area contributed by atoms with Crippen LogP contribution >= 0.6 is 0 Å². The van der Waals surface area contributed by atoms with Gasteiger partial charge >= 0.3 is 6.16 Å². The summed E-state index contributed by atoms with van der Waals surface area (Å²) >= 11 is 0. The minimum atomic E-state index is -0.706. The first-order valence-electron chi connectivity index (χ1n) is 6.67. The van der Waals surface area contributed by atoms with Crippen LogP contribution in [0.2, 0.25) is 0 Å². The van der Waals surface area contributed by atoms with Gasteiger partial charge in [-0.15, -0.1) is 0 Å². The lowest BCUT2D eigenvalue weighted by atomic mass is 10.0. The van der Waals surface area contributed by atoms with E-state index in [-0.39, 0.29) is 0 Å². The van der Waals surface area contributed by atoms with Gasteiger partial charge in [0.25, 0.3) is 0 Å². The molecule has 0 aromatic heterocycles. The Labute approximate surface area is 120 Å². The molecule has 0 bridgehead atoms. The number of allylic oxidation sites excluding steroid dienone is 1. The topological polar surface area (TPSA) is 47.6 Å². The van der Waals surface area contributed by atoms with Crippen LogP contribution in [0, 0.1) is 0 Å². The van der Waals surface area contributed by atoms with E-state index in [1.807, 2.05) is 20.0 Å². The third kappa shape index (κ3) is 4.61. The molecule has 0 heterocycles. The Morgan fingerprint density at radius 1 is 1.35 bits per heavy atom. The van der Waals surface area contributed by atoms with E-state index in [9.17, 15) is 4.79 Å². The second-order valence-electron chi connectivity index (χ2n) is 5.48. The van der Waals surface area contributed by atoms with Gasteiger partial charge in [0.15, 0.2) is 0 Å². The number of carbonyl (C=O) groups excluding carboxylic acids is 1. The van der Waals surface area contributed by atoms with Crippen molar-refractivity contribution < 1.29 is 14.3 Å². The van der Waals surface area contributed by atoms with Crippen LogP contribution < -0.4 is 10.1 Å². The SMILES string of the molecule is C=C(CC)c1cc(OC(=O)OC(C)(C)C)ccc1NC. The lowest BCUT2D eigenvalue weighted by Crippen LogP contribution is -2.26. The van der Waals surface area contributed by atoms with Gasteiger partial charge in [0.1, 0.15) is 11.4 Å². The number of ether oxygens (including phenoxy) is 2. The molecule has 0 fully saturated rings. The highest BCUT2D eigenvalue weighted by atomic mass is 16.7. The van der Waals surface area contributed by atoms with Crippen molar-refractivity contribution in [2.24, 2.45) is 0 Å². The minimum Gasteiger partial charge on any atom is -0.428 e. The van der Waals surface area contributed by atoms with E-state index >= 15 is 0 Å². The molecule has 0 aliphatic rings. The number of hydrogen-bond acceptors (Lipinski definition) is 4. The summed E-state index contributed by atoms with van der Waals surface area (Å²) < 4.78 is 10.3. The Hall–Kier alpha value is -1.97. The molecule has 1 aromatic carbocycles. The number of rotatable bonds is 4. The molecule has 0 spiro atoms. The standard InChI is InChI=1S/C16H23NO3/c1-7-11(2)13-10-12(8-9-14(13)17-6)19-15(18)20-16(3,4)5/h8-10,17H,2,7H2,1,3-6H3. The summed E-state index contributed by atoms with van der Waals surface area (Å²) in [6, 6.07) is 5.37. The predicted octanol–water partition coefficient (Wildman–Crippen LogP) is 4.47. The molecule has 0 amide bonds. The summed E-state index contributed by atoms with van der Waals surface area (Å²) in [6.45, 7) is 11.4. The molecule has 110 valence electrons. The monoisotopic (exact) mass is 277 g/mol. The van der Waals surface area contributed by atoms with E-state index in [1.165, 1.54) is 0 Å². The molecule has 0 atom stereocenters. The minimum absolute atomic E-state index is 0.447. The molecule has 0 unspecified atom stereocenters. The summed E-state index contributed by atoms with van der Waals surface area (Å²) in [4.78, 5) is 11.7. The Bertz CT molecular complexity index is 501. The highest BCUT2D eigenvalue weighted by molar-refractivity contribution is 5.77. The number of hydrogen-bond donors (Lipinski definition) is 1. The third-order valence-corrected chi connectivity index (χ3v) is 2.66. The molecular formula is C16H23NO3. The van der Waals surface area contributed by atoms with Gasteiger partial charge in [-0.05, 0) is 51.0 Å². The first-order chi connectivity index (χ1) is 9.26. The lowest BCUT2D eigenvalue weighted by Gasteiger charge is -2.19. The van der Waals surface area contributed by atoms with Crippen LogP contribution in [0.3, 0.4) is 0 Å². The van der Waals surface area contributed by atoms with Gasteiger partial charge in [-0.3, -0.25) is 0 Å². The average Bonchev–Trinajstić information content (AvgIpc) is 2.35. The predicted molar refractivity (Wildman–Crippen MR) is 82.2 cm³/mol. The van der Waals surface area contributed by atoms with Gasteiger partial charge < -0.3 is 14.8 Å². The largest absolute Gasteiger partial charge is 0.514 e. The summed E-state index contributed by atoms with van der Waals surface area (Å²) in [6.07, 6.45) is 0.118. The molecule has 4 heteroatoms. The maximum absolute atomic E-state index is 11.7. The maximum Gasteiger partial charge on any atom is 0.514 e. The average molecular weight is 277 g/mol. The molecule has 1 N–H and O–H groups in total. The van der Waals surface area contributed by atoms with Crippen molar-refractivity contribution in [2.75, 3.05) is 12.4 Å². The molecule has 0 aliphatic heterocycles. The number of nitrogens with one attached hydrogen (secondary N) is 1. The molecule has 0 radical (unpaired) electrons. The van der Waals surface area contributed by atoms with Crippen molar-refractivity contribution in [3.05, 3.63) is 30.3 Å². The highest BCUT2D eigenvalue weighted by Gasteiger charge is 2.18. The zero-order chi connectivity index (χ0) is 15.3. The molecule has 20 heavy (non-hydrogen) atoms. The van der Waals surface area contributed by atoms with Gasteiger partial charge in [0.2, 0.25) is 0 Å². The van der Waals surface area contributed by atoms with Crippen molar-refractivity contribution in [2.45, 2.75) is 39.7 Å². The third-order valence-electron chi connectivity index (χ3n) is 2.66. The molecular weight excluding hydrogens is 254 g/mol. The normalized spacial score (nSPS) is 10.8. The van der Waals surface area contributed by atoms with Crippen LogP contribution in [0.5, 0.6) is 5.75 Å². The second-order valence-corrected chi connectivity index (χ2v) is 5.48.